The van der Waals surface area contributed by atoms with Crippen molar-refractivity contribution in [1.82, 2.24) is 10.6 Å². The van der Waals surface area contributed by atoms with Crippen LogP contribution in [0.2, 0.25) is 0 Å². The van der Waals surface area contributed by atoms with Gasteiger partial charge in [0.15, 0.2) is 11.9 Å². The van der Waals surface area contributed by atoms with E-state index in [-0.39, 0.29) is 11.9 Å². The standard InChI is InChI=1S/C10H17B2N5/c11-7-1-2-8(12)6(5-7)3-4-16-10(15)17-9(13)14/h1-2,5H,3-4,11-12H2,(H6,13,14,15,16,17). The molecule has 0 unspecified atom stereocenters. The lowest BCUT2D eigenvalue weighted by atomic mass is 9.84. The molecule has 0 amide bonds. The zero-order chi connectivity index (χ0) is 12.8. The van der Waals surface area contributed by atoms with Crippen molar-refractivity contribution in [2.75, 3.05) is 6.54 Å². The van der Waals surface area contributed by atoms with Crippen molar-refractivity contribution >= 4 is 38.5 Å². The Bertz CT molecular complexity index is 433. The van der Waals surface area contributed by atoms with Crippen molar-refractivity contribution < 1.29 is 0 Å². The second kappa shape index (κ2) is 5.98. The third-order valence-corrected chi connectivity index (χ3v) is 2.46. The summed E-state index contributed by atoms with van der Waals surface area (Å²) in [6.07, 6.45) is 0.843. The van der Waals surface area contributed by atoms with Gasteiger partial charge < -0.3 is 11.1 Å². The molecule has 88 valence electrons. The van der Waals surface area contributed by atoms with Gasteiger partial charge in [0.1, 0.15) is 15.7 Å². The van der Waals surface area contributed by atoms with Crippen LogP contribution in [0.3, 0.4) is 0 Å². The maximum atomic E-state index is 7.44. The number of hydrogen-bond donors (Lipinski definition) is 5. The molecule has 0 heterocycles. The van der Waals surface area contributed by atoms with Crippen LogP contribution in [-0.2, 0) is 6.42 Å². The van der Waals surface area contributed by atoms with Gasteiger partial charge in [0.05, 0.1) is 0 Å². The van der Waals surface area contributed by atoms with Crippen LogP contribution in [0, 0.1) is 10.8 Å². The van der Waals surface area contributed by atoms with Crippen LogP contribution < -0.4 is 27.3 Å². The summed E-state index contributed by atoms with van der Waals surface area (Å²) >= 11 is 0. The van der Waals surface area contributed by atoms with Crippen molar-refractivity contribution in [1.29, 1.82) is 10.8 Å². The molecule has 0 aliphatic rings. The molecule has 1 aromatic rings. The summed E-state index contributed by atoms with van der Waals surface area (Å²) in [5, 5.41) is 19.7. The Hall–Kier alpha value is -1.91. The monoisotopic (exact) mass is 229 g/mol. The molecule has 0 aromatic heterocycles. The van der Waals surface area contributed by atoms with Gasteiger partial charge >= 0.3 is 0 Å². The minimum atomic E-state index is -0.228. The Morgan fingerprint density at radius 1 is 1.29 bits per heavy atom. The van der Waals surface area contributed by atoms with E-state index in [4.69, 9.17) is 16.6 Å². The minimum Gasteiger partial charge on any atom is -0.370 e. The molecule has 17 heavy (non-hydrogen) atoms. The van der Waals surface area contributed by atoms with Gasteiger partial charge in [-0.3, -0.25) is 16.1 Å². The van der Waals surface area contributed by atoms with E-state index in [1.165, 1.54) is 16.5 Å². The van der Waals surface area contributed by atoms with Gasteiger partial charge in [-0.25, -0.2) is 0 Å². The smallest absolute Gasteiger partial charge is 0.195 e. The normalized spacial score (nSPS) is 9.65. The van der Waals surface area contributed by atoms with Crippen LogP contribution in [0.25, 0.3) is 0 Å². The first-order valence-corrected chi connectivity index (χ1v) is 5.48. The van der Waals surface area contributed by atoms with Crippen LogP contribution in [0.5, 0.6) is 0 Å². The molecule has 1 aromatic carbocycles. The predicted octanol–water partition coefficient (Wildman–Crippen LogP) is -3.25. The topological polar surface area (TPSA) is 97.8 Å². The molecule has 0 radical (unpaired) electrons. The fourth-order valence-electron chi connectivity index (χ4n) is 1.57. The van der Waals surface area contributed by atoms with Gasteiger partial charge in [0.25, 0.3) is 0 Å². The third kappa shape index (κ3) is 4.63. The molecule has 0 saturated heterocycles. The number of nitrogens with two attached hydrogens (primary N) is 1. The quantitative estimate of drug-likeness (QED) is 0.214. The zero-order valence-electron chi connectivity index (χ0n) is 10.2. The molecule has 0 bridgehead atoms. The van der Waals surface area contributed by atoms with Crippen LogP contribution in [0.1, 0.15) is 5.56 Å². The molecule has 0 aliphatic heterocycles. The summed E-state index contributed by atoms with van der Waals surface area (Å²) in [6, 6.07) is 6.34. The summed E-state index contributed by atoms with van der Waals surface area (Å²) in [4.78, 5) is 0. The number of nitrogens with one attached hydrogen (secondary N) is 4. The van der Waals surface area contributed by atoms with Gasteiger partial charge in [-0.2, -0.15) is 0 Å². The summed E-state index contributed by atoms with van der Waals surface area (Å²) in [5.41, 5.74) is 8.87. The largest absolute Gasteiger partial charge is 0.370 e. The number of benzene rings is 1. The van der Waals surface area contributed by atoms with Crippen molar-refractivity contribution in [3.63, 3.8) is 0 Å². The van der Waals surface area contributed by atoms with Crippen LogP contribution in [-0.4, -0.2) is 34.2 Å². The Kier molecular flexibility index (Phi) is 4.63. The molecule has 0 atom stereocenters. The minimum absolute atomic E-state index is 0.0582. The highest BCUT2D eigenvalue weighted by Crippen LogP contribution is 1.92. The molecule has 1 rings (SSSR count). The fourth-order valence-corrected chi connectivity index (χ4v) is 1.57. The molecule has 0 aliphatic carbocycles. The maximum absolute atomic E-state index is 7.44. The number of guanidine groups is 2. The van der Waals surface area contributed by atoms with Crippen LogP contribution in [0.15, 0.2) is 18.2 Å². The Labute approximate surface area is 103 Å². The molecule has 0 fully saturated rings. The molecule has 0 saturated carbocycles. The molecule has 6 N–H and O–H groups in total. The molecular formula is C10H17B2N5. The summed E-state index contributed by atoms with van der Waals surface area (Å²) in [7, 11) is 4.14. The van der Waals surface area contributed by atoms with E-state index in [1.807, 2.05) is 0 Å². The van der Waals surface area contributed by atoms with Crippen LogP contribution >= 0.6 is 0 Å². The maximum Gasteiger partial charge on any atom is 0.195 e. The van der Waals surface area contributed by atoms with Gasteiger partial charge in [-0.05, 0) is 6.42 Å². The highest BCUT2D eigenvalue weighted by atomic mass is 15.2. The van der Waals surface area contributed by atoms with E-state index in [2.05, 4.69) is 44.5 Å². The lowest BCUT2D eigenvalue weighted by Crippen LogP contribution is -2.44. The summed E-state index contributed by atoms with van der Waals surface area (Å²) in [5.74, 6) is -0.169. The average Bonchev–Trinajstić information content (AvgIpc) is 2.22. The molecule has 0 spiro atoms. The molecular weight excluding hydrogens is 212 g/mol. The second-order valence-electron chi connectivity index (χ2n) is 4.02. The zero-order valence-corrected chi connectivity index (χ0v) is 10.2. The van der Waals surface area contributed by atoms with Crippen molar-refractivity contribution in [3.05, 3.63) is 23.8 Å². The Balaban J connectivity index is 2.43. The number of rotatable bonds is 3. The van der Waals surface area contributed by atoms with Crippen molar-refractivity contribution in [2.24, 2.45) is 5.73 Å². The predicted molar refractivity (Wildman–Crippen MR) is 77.3 cm³/mol. The summed E-state index contributed by atoms with van der Waals surface area (Å²) in [6.45, 7) is 0.642. The van der Waals surface area contributed by atoms with Crippen molar-refractivity contribution in [3.8, 4) is 0 Å². The Morgan fingerprint density at radius 2 is 2.00 bits per heavy atom. The van der Waals surface area contributed by atoms with Gasteiger partial charge in [-0.1, -0.05) is 34.7 Å². The van der Waals surface area contributed by atoms with Gasteiger partial charge in [0.2, 0.25) is 0 Å². The second-order valence-corrected chi connectivity index (χ2v) is 4.02. The number of hydrogen-bond acceptors (Lipinski definition) is 2. The van der Waals surface area contributed by atoms with Gasteiger partial charge in [-0.15, -0.1) is 0 Å². The lowest BCUT2D eigenvalue weighted by Gasteiger charge is -2.10. The molecule has 5 nitrogen and oxygen atoms in total. The third-order valence-electron chi connectivity index (χ3n) is 2.46. The first-order valence-electron chi connectivity index (χ1n) is 5.48. The van der Waals surface area contributed by atoms with Crippen LogP contribution in [0.4, 0.5) is 0 Å². The highest BCUT2D eigenvalue weighted by Gasteiger charge is 2.00. The van der Waals surface area contributed by atoms with E-state index >= 15 is 0 Å². The Morgan fingerprint density at radius 3 is 2.65 bits per heavy atom. The van der Waals surface area contributed by atoms with E-state index in [1.54, 1.807) is 0 Å². The lowest BCUT2D eigenvalue weighted by molar-refractivity contribution is 0.844. The SMILES string of the molecule is Bc1ccc(B)c(CCNC(=N)NC(=N)N)c1. The average molecular weight is 229 g/mol. The van der Waals surface area contributed by atoms with E-state index in [0.717, 1.165) is 6.42 Å². The van der Waals surface area contributed by atoms with Gasteiger partial charge in [0, 0.05) is 6.54 Å². The van der Waals surface area contributed by atoms with Crippen molar-refractivity contribution in [2.45, 2.75) is 6.42 Å². The van der Waals surface area contributed by atoms with E-state index in [0.29, 0.717) is 6.54 Å². The fraction of sp³-hybridized carbons (Fsp3) is 0.200. The van der Waals surface area contributed by atoms with E-state index < -0.39 is 0 Å². The summed E-state index contributed by atoms with van der Waals surface area (Å²) < 4.78 is 0. The first-order chi connectivity index (χ1) is 7.99. The molecule has 7 heteroatoms. The van der Waals surface area contributed by atoms with E-state index in [9.17, 15) is 0 Å². The first kappa shape index (κ1) is 13.2. The highest BCUT2D eigenvalue weighted by molar-refractivity contribution is 6.36.